The number of thiocarbonyl (C=S) groups is 1. The Hall–Kier alpha value is -0.320. The quantitative estimate of drug-likeness (QED) is 0.234. The Morgan fingerprint density at radius 3 is 2.17 bits per heavy atom. The summed E-state index contributed by atoms with van der Waals surface area (Å²) < 4.78 is 0.491. The third kappa shape index (κ3) is 4.21. The van der Waals surface area contributed by atoms with Gasteiger partial charge in [0.15, 0.2) is 5.11 Å². The molecule has 2 aliphatic rings. The van der Waals surface area contributed by atoms with Gasteiger partial charge in [0.25, 0.3) is 11.8 Å². The molecule has 1 saturated heterocycles. The van der Waals surface area contributed by atoms with Crippen molar-refractivity contribution >= 4 is 58.6 Å². The van der Waals surface area contributed by atoms with Gasteiger partial charge >= 0.3 is 29.6 Å². The van der Waals surface area contributed by atoms with Crippen LogP contribution in [0.4, 0.5) is 0 Å². The summed E-state index contributed by atoms with van der Waals surface area (Å²) in [4.78, 5) is 39.0. The molecule has 1 fully saturated rings. The number of carboxylic acid groups (broad SMARTS) is 1. The van der Waals surface area contributed by atoms with Gasteiger partial charge in [-0.05, 0) is 31.5 Å². The molecule has 0 spiro atoms. The molecule has 118 valence electrons. The van der Waals surface area contributed by atoms with Crippen molar-refractivity contribution in [1.29, 1.82) is 0 Å². The summed E-state index contributed by atoms with van der Waals surface area (Å²) in [6, 6.07) is 0. The molecule has 23 heavy (non-hydrogen) atoms. The summed E-state index contributed by atoms with van der Waals surface area (Å²) >= 11 is 7.49. The Morgan fingerprint density at radius 2 is 1.74 bits per heavy atom. The molecule has 0 radical (unpaired) electrons. The number of hydrogen-bond donors (Lipinski definition) is 0. The largest absolute Gasteiger partial charge is 1.00 e. The molecular weight excluding hydrogens is 367 g/mol. The van der Waals surface area contributed by atoms with Gasteiger partial charge in [0.2, 0.25) is 0 Å². The zero-order chi connectivity index (χ0) is 16.4. The van der Waals surface area contributed by atoms with Gasteiger partial charge in [-0.1, -0.05) is 23.5 Å². The second kappa shape index (κ2) is 8.68. The van der Waals surface area contributed by atoms with E-state index in [0.717, 1.165) is 11.8 Å². The van der Waals surface area contributed by atoms with Gasteiger partial charge in [0.05, 0.1) is 4.24 Å². The fourth-order valence-corrected chi connectivity index (χ4v) is 4.77. The van der Waals surface area contributed by atoms with Crippen molar-refractivity contribution in [2.24, 2.45) is 0 Å². The van der Waals surface area contributed by atoms with Crippen molar-refractivity contribution < 1.29 is 49.0 Å². The minimum Gasteiger partial charge on any atom is -0.550 e. The molecule has 0 aromatic carbocycles. The van der Waals surface area contributed by atoms with E-state index in [2.05, 4.69) is 0 Å². The minimum absolute atomic E-state index is 0. The van der Waals surface area contributed by atoms with Gasteiger partial charge in [-0.3, -0.25) is 19.4 Å². The van der Waals surface area contributed by atoms with E-state index in [1.807, 2.05) is 0 Å². The smallest absolute Gasteiger partial charge is 0.550 e. The number of aliphatic carboxylic acids is 1. The number of hydrogen-bond acceptors (Lipinski definition) is 7. The molecule has 0 bridgehead atoms. The SMILES string of the molecule is CCN1C(=O)C(=C2SC=C(CC(=O)[O-])S2)C(=O)N(CC)C1=S.[Na+]. The van der Waals surface area contributed by atoms with Crippen LogP contribution < -0.4 is 34.7 Å². The van der Waals surface area contributed by atoms with Gasteiger partial charge in [-0.15, -0.1) is 0 Å². The van der Waals surface area contributed by atoms with Crippen LogP contribution in [-0.4, -0.2) is 45.8 Å². The predicted molar refractivity (Wildman–Crippen MR) is 87.3 cm³/mol. The molecule has 2 rings (SSSR count). The molecule has 10 heteroatoms. The molecule has 0 saturated carbocycles. The van der Waals surface area contributed by atoms with Crippen LogP contribution in [0.15, 0.2) is 20.1 Å². The van der Waals surface area contributed by atoms with Gasteiger partial charge in [0, 0.05) is 30.4 Å². The van der Waals surface area contributed by atoms with Crippen LogP contribution in [0.5, 0.6) is 0 Å². The number of thioether (sulfide) groups is 2. The Kier molecular flexibility index (Phi) is 7.82. The maximum absolute atomic E-state index is 12.5. The fraction of sp³-hybridized carbons (Fsp3) is 0.385. The number of carbonyl (C=O) groups is 3. The first-order valence-corrected chi connectivity index (χ1v) is 8.66. The molecule has 2 heterocycles. The molecule has 0 atom stereocenters. The molecule has 6 nitrogen and oxygen atoms in total. The van der Waals surface area contributed by atoms with Gasteiger partial charge < -0.3 is 9.90 Å². The molecule has 0 N–H and O–H groups in total. The number of nitrogens with zero attached hydrogens (tertiary/aromatic N) is 2. The summed E-state index contributed by atoms with van der Waals surface area (Å²) in [6.07, 6.45) is -0.232. The first-order valence-electron chi connectivity index (χ1n) is 6.56. The maximum Gasteiger partial charge on any atom is 1.00 e. The van der Waals surface area contributed by atoms with E-state index < -0.39 is 17.8 Å². The summed E-state index contributed by atoms with van der Waals surface area (Å²) in [7, 11) is 0. The van der Waals surface area contributed by atoms with Crippen molar-refractivity contribution in [3.05, 3.63) is 20.1 Å². The summed E-state index contributed by atoms with van der Waals surface area (Å²) in [5.74, 6) is -2.06. The normalized spacial score (nSPS) is 18.3. The molecule has 0 aliphatic carbocycles. The van der Waals surface area contributed by atoms with Crippen LogP contribution in [0.25, 0.3) is 0 Å². The van der Waals surface area contributed by atoms with Crippen LogP contribution in [0.2, 0.25) is 0 Å². The molecule has 2 aliphatic heterocycles. The Morgan fingerprint density at radius 1 is 1.22 bits per heavy atom. The van der Waals surface area contributed by atoms with E-state index in [1.54, 1.807) is 19.3 Å². The summed E-state index contributed by atoms with van der Waals surface area (Å²) in [6.45, 7) is 4.30. The van der Waals surface area contributed by atoms with Crippen LogP contribution in [0.3, 0.4) is 0 Å². The second-order valence-electron chi connectivity index (χ2n) is 4.40. The average Bonchev–Trinajstić information content (AvgIpc) is 2.87. The van der Waals surface area contributed by atoms with Crippen molar-refractivity contribution in [3.8, 4) is 0 Å². The number of carboxylic acids is 1. The Bertz CT molecular complexity index is 605. The topological polar surface area (TPSA) is 80.7 Å². The third-order valence-electron chi connectivity index (χ3n) is 3.06. The zero-order valence-corrected chi connectivity index (χ0v) is 17.4. The van der Waals surface area contributed by atoms with Crippen molar-refractivity contribution in [2.75, 3.05) is 13.1 Å². The van der Waals surface area contributed by atoms with E-state index in [9.17, 15) is 19.5 Å². The number of carbonyl (C=O) groups excluding carboxylic acids is 3. The van der Waals surface area contributed by atoms with Crippen molar-refractivity contribution in [3.63, 3.8) is 0 Å². The van der Waals surface area contributed by atoms with Gasteiger partial charge in [-0.2, -0.15) is 0 Å². The fourth-order valence-electron chi connectivity index (χ4n) is 2.03. The first kappa shape index (κ1) is 20.7. The standard InChI is InChI=1S/C13H14N2O4S3.Na/c1-3-14-10(18)9(11(19)15(4-2)13(14)20)12-21-6-7(22-12)5-8(16)17;/h6H,3-5H2,1-2H3,(H,16,17);/q;+1/p-1. The van der Waals surface area contributed by atoms with Crippen molar-refractivity contribution in [2.45, 2.75) is 20.3 Å². The van der Waals surface area contributed by atoms with Gasteiger partial charge in [-0.25, -0.2) is 0 Å². The van der Waals surface area contributed by atoms with Crippen LogP contribution in [-0.2, 0) is 14.4 Å². The molecule has 0 aromatic rings. The molecule has 0 unspecified atom stereocenters. The van der Waals surface area contributed by atoms with E-state index in [4.69, 9.17) is 12.2 Å². The van der Waals surface area contributed by atoms with E-state index >= 15 is 0 Å². The average molecular weight is 380 g/mol. The van der Waals surface area contributed by atoms with Crippen LogP contribution >= 0.6 is 35.7 Å². The van der Waals surface area contributed by atoms with Crippen LogP contribution in [0.1, 0.15) is 20.3 Å². The number of likely N-dealkylation sites (N-methyl/N-ethyl adjacent to an activating group) is 2. The molecule has 0 aromatic heterocycles. The van der Waals surface area contributed by atoms with E-state index in [0.29, 0.717) is 22.2 Å². The number of rotatable bonds is 4. The summed E-state index contributed by atoms with van der Waals surface area (Å²) in [5, 5.41) is 12.5. The van der Waals surface area contributed by atoms with Crippen LogP contribution in [0, 0.1) is 0 Å². The number of amides is 2. The summed E-state index contributed by atoms with van der Waals surface area (Å²) in [5.41, 5.74) is 0.0527. The minimum atomic E-state index is -1.20. The monoisotopic (exact) mass is 380 g/mol. The van der Waals surface area contributed by atoms with E-state index in [1.165, 1.54) is 21.6 Å². The maximum atomic E-state index is 12.5. The second-order valence-corrected chi connectivity index (χ2v) is 7.04. The Balaban J connectivity index is 0.00000264. The van der Waals surface area contributed by atoms with Crippen molar-refractivity contribution in [1.82, 2.24) is 9.80 Å². The Labute approximate surface area is 170 Å². The molecular formula is C13H13N2NaO4S3. The molecule has 2 amide bonds. The third-order valence-corrected chi connectivity index (χ3v) is 5.92. The first-order chi connectivity index (χ1) is 10.4. The van der Waals surface area contributed by atoms with Gasteiger partial charge in [0.1, 0.15) is 5.57 Å². The zero-order valence-electron chi connectivity index (χ0n) is 13.0. The van der Waals surface area contributed by atoms with E-state index in [-0.39, 0.29) is 46.7 Å². The predicted octanol–water partition coefficient (Wildman–Crippen LogP) is -2.34.